The summed E-state index contributed by atoms with van der Waals surface area (Å²) in [4.78, 5) is 23.8. The molecule has 0 aliphatic carbocycles. The largest absolute Gasteiger partial charge is 0.480 e. The summed E-state index contributed by atoms with van der Waals surface area (Å²) in [6, 6.07) is 0. The maximum atomic E-state index is 12.7. The zero-order valence-corrected chi connectivity index (χ0v) is 13.1. The van der Waals surface area contributed by atoms with Gasteiger partial charge in [0.1, 0.15) is 0 Å². The van der Waals surface area contributed by atoms with Gasteiger partial charge in [-0.15, -0.1) is 0 Å². The monoisotopic (exact) mass is 347 g/mol. The first-order valence-corrected chi connectivity index (χ1v) is 7.41. The van der Waals surface area contributed by atoms with Crippen LogP contribution in [0.5, 0.6) is 0 Å². The van der Waals surface area contributed by atoms with Crippen LogP contribution in [0.25, 0.3) is 0 Å². The van der Waals surface area contributed by atoms with Crippen molar-refractivity contribution in [2.24, 2.45) is 22.2 Å². The number of hydrogen-bond donors (Lipinski definition) is 3. The first-order chi connectivity index (χ1) is 11.1. The van der Waals surface area contributed by atoms with Crippen LogP contribution in [0.2, 0.25) is 0 Å². The van der Waals surface area contributed by atoms with E-state index in [-0.39, 0.29) is 12.1 Å². The molecule has 1 rings (SSSR count). The molecule has 1 heterocycles. The summed E-state index contributed by atoms with van der Waals surface area (Å²) >= 11 is 0. The summed E-state index contributed by atoms with van der Waals surface area (Å²) in [5.74, 6) is -4.02. The number of primary amides is 1. The van der Waals surface area contributed by atoms with Crippen LogP contribution in [0, 0.1) is 11.3 Å². The van der Waals surface area contributed by atoms with Crippen molar-refractivity contribution in [2.45, 2.75) is 38.8 Å². The fourth-order valence-corrected chi connectivity index (χ4v) is 2.72. The minimum atomic E-state index is -4.60. The van der Waals surface area contributed by atoms with Gasteiger partial charge in [-0.2, -0.15) is 18.3 Å². The number of carbonyl (C=O) groups is 2. The molecule has 2 atom stereocenters. The van der Waals surface area contributed by atoms with Crippen LogP contribution >= 0.6 is 0 Å². The molecule has 1 aliphatic rings. The second-order valence-electron chi connectivity index (χ2n) is 5.49. The van der Waals surface area contributed by atoms with Crippen molar-refractivity contribution in [3.05, 3.63) is 23.9 Å². The Labute approximate surface area is 137 Å². The molecule has 1 aliphatic heterocycles. The third-order valence-electron chi connectivity index (χ3n) is 3.91. The van der Waals surface area contributed by atoms with Crippen LogP contribution in [-0.2, 0) is 9.59 Å². The number of nitrogens with zero attached hydrogens (tertiary/aromatic N) is 1. The number of halogens is 3. The number of nitrogens with one attached hydrogen (secondary N) is 1. The van der Waals surface area contributed by atoms with E-state index in [9.17, 15) is 27.9 Å². The third kappa shape index (κ3) is 4.59. The average Bonchev–Trinajstić information content (AvgIpc) is 2.73. The standard InChI is InChI=1S/C15H20F3N3O3/c1-2-5-10(11-6-3-4-9-20-21-11)14(12(19)22,13(23)24)7-8-15(16,17)18/h3-4,6,9-10,21H,2,5,7-8H2,1H3,(H2,19,22)(H,23,24). The zero-order chi connectivity index (χ0) is 18.4. The molecule has 0 saturated carbocycles. The Morgan fingerprint density at radius 2 is 2.00 bits per heavy atom. The maximum absolute atomic E-state index is 12.7. The van der Waals surface area contributed by atoms with E-state index in [0.717, 1.165) is 0 Å². The number of carbonyl (C=O) groups excluding carboxylic acids is 1. The summed E-state index contributed by atoms with van der Waals surface area (Å²) in [7, 11) is 0. The zero-order valence-electron chi connectivity index (χ0n) is 13.1. The number of alkyl halides is 3. The lowest BCUT2D eigenvalue weighted by atomic mass is 9.68. The normalized spacial score (nSPS) is 18.1. The van der Waals surface area contributed by atoms with Crippen molar-refractivity contribution in [1.29, 1.82) is 0 Å². The molecule has 0 aromatic heterocycles. The van der Waals surface area contributed by atoms with E-state index >= 15 is 0 Å². The van der Waals surface area contributed by atoms with E-state index in [1.165, 1.54) is 12.3 Å². The Morgan fingerprint density at radius 3 is 2.50 bits per heavy atom. The van der Waals surface area contributed by atoms with Crippen LogP contribution in [0.15, 0.2) is 29.0 Å². The SMILES string of the molecule is CCCC(C1=CC=CC=NN1)C(CCC(F)(F)F)(C(N)=O)C(=O)O. The molecule has 0 spiro atoms. The number of rotatable bonds is 8. The second-order valence-corrected chi connectivity index (χ2v) is 5.49. The Bertz CT molecular complexity index is 554. The Hall–Kier alpha value is -2.32. The third-order valence-corrected chi connectivity index (χ3v) is 3.91. The predicted octanol–water partition coefficient (Wildman–Crippen LogP) is 2.33. The summed E-state index contributed by atoms with van der Waals surface area (Å²) in [5.41, 5.74) is 5.74. The number of nitrogens with two attached hydrogens (primary N) is 1. The van der Waals surface area contributed by atoms with Gasteiger partial charge in [-0.25, -0.2) is 0 Å². The van der Waals surface area contributed by atoms with E-state index in [4.69, 9.17) is 5.73 Å². The molecule has 2 unspecified atom stereocenters. The fraction of sp³-hybridized carbons (Fsp3) is 0.533. The predicted molar refractivity (Wildman–Crippen MR) is 81.8 cm³/mol. The van der Waals surface area contributed by atoms with Crippen molar-refractivity contribution in [1.82, 2.24) is 5.43 Å². The molecule has 9 heteroatoms. The van der Waals surface area contributed by atoms with Gasteiger partial charge in [-0.05, 0) is 25.0 Å². The molecular weight excluding hydrogens is 327 g/mol. The van der Waals surface area contributed by atoms with Gasteiger partial charge < -0.3 is 10.8 Å². The number of allylic oxidation sites excluding steroid dienone is 4. The van der Waals surface area contributed by atoms with Crippen LogP contribution in [0.4, 0.5) is 13.2 Å². The smallest absolute Gasteiger partial charge is 0.389 e. The number of carboxylic acids is 1. The summed E-state index contributed by atoms with van der Waals surface area (Å²) in [6.07, 6.45) is -0.342. The Kier molecular flexibility index (Phi) is 6.56. The van der Waals surface area contributed by atoms with Gasteiger partial charge >= 0.3 is 12.1 Å². The Balaban J connectivity index is 3.37. The van der Waals surface area contributed by atoms with Crippen molar-refractivity contribution in [2.75, 3.05) is 0 Å². The van der Waals surface area contributed by atoms with Crippen molar-refractivity contribution in [3.8, 4) is 0 Å². The topological polar surface area (TPSA) is 105 Å². The fourth-order valence-electron chi connectivity index (χ4n) is 2.72. The highest BCUT2D eigenvalue weighted by molar-refractivity contribution is 6.02. The first kappa shape index (κ1) is 19.7. The molecule has 0 aromatic carbocycles. The molecule has 0 radical (unpaired) electrons. The van der Waals surface area contributed by atoms with E-state index in [2.05, 4.69) is 10.5 Å². The van der Waals surface area contributed by atoms with Gasteiger partial charge in [0, 0.05) is 24.3 Å². The lowest BCUT2D eigenvalue weighted by Gasteiger charge is -2.36. The molecule has 1 amide bonds. The highest BCUT2D eigenvalue weighted by Crippen LogP contribution is 2.42. The van der Waals surface area contributed by atoms with Crippen LogP contribution in [-0.4, -0.2) is 29.4 Å². The number of amides is 1. The van der Waals surface area contributed by atoms with E-state index < -0.39 is 42.2 Å². The van der Waals surface area contributed by atoms with Gasteiger partial charge in [0.2, 0.25) is 5.91 Å². The van der Waals surface area contributed by atoms with E-state index in [1.807, 2.05) is 0 Å². The van der Waals surface area contributed by atoms with E-state index in [0.29, 0.717) is 6.42 Å². The summed E-state index contributed by atoms with van der Waals surface area (Å²) in [5, 5.41) is 13.4. The van der Waals surface area contributed by atoms with Crippen molar-refractivity contribution in [3.63, 3.8) is 0 Å². The molecule has 6 nitrogen and oxygen atoms in total. The van der Waals surface area contributed by atoms with Gasteiger partial charge in [-0.3, -0.25) is 15.0 Å². The molecule has 0 saturated heterocycles. The minimum absolute atomic E-state index is 0.162. The maximum Gasteiger partial charge on any atom is 0.389 e. The minimum Gasteiger partial charge on any atom is -0.480 e. The Morgan fingerprint density at radius 1 is 1.33 bits per heavy atom. The molecular formula is C15H20F3N3O3. The van der Waals surface area contributed by atoms with Gasteiger partial charge in [0.15, 0.2) is 5.41 Å². The van der Waals surface area contributed by atoms with Crippen molar-refractivity contribution >= 4 is 18.1 Å². The van der Waals surface area contributed by atoms with Gasteiger partial charge in [0.25, 0.3) is 0 Å². The lowest BCUT2D eigenvalue weighted by Crippen LogP contribution is -2.51. The van der Waals surface area contributed by atoms with Gasteiger partial charge in [0.05, 0.1) is 0 Å². The van der Waals surface area contributed by atoms with Crippen LogP contribution in [0.3, 0.4) is 0 Å². The number of aliphatic carboxylic acids is 1. The second kappa shape index (κ2) is 7.98. The molecule has 134 valence electrons. The molecule has 0 bridgehead atoms. The van der Waals surface area contributed by atoms with Crippen LogP contribution < -0.4 is 11.2 Å². The van der Waals surface area contributed by atoms with Gasteiger partial charge in [-0.1, -0.05) is 19.4 Å². The summed E-state index contributed by atoms with van der Waals surface area (Å²) < 4.78 is 38.0. The lowest BCUT2D eigenvalue weighted by molar-refractivity contribution is -0.166. The van der Waals surface area contributed by atoms with Crippen molar-refractivity contribution < 1.29 is 27.9 Å². The van der Waals surface area contributed by atoms with Crippen LogP contribution in [0.1, 0.15) is 32.6 Å². The molecule has 0 aromatic rings. The summed E-state index contributed by atoms with van der Waals surface area (Å²) in [6.45, 7) is 1.74. The quantitative estimate of drug-likeness (QED) is 0.586. The highest BCUT2D eigenvalue weighted by atomic mass is 19.4. The number of carboxylic acid groups (broad SMARTS) is 1. The molecule has 24 heavy (non-hydrogen) atoms. The van der Waals surface area contributed by atoms with E-state index in [1.54, 1.807) is 19.1 Å². The first-order valence-electron chi connectivity index (χ1n) is 7.41. The number of hydrazone groups is 1. The number of hydrogen-bond acceptors (Lipinski definition) is 4. The highest BCUT2D eigenvalue weighted by Gasteiger charge is 2.53. The molecule has 4 N–H and O–H groups in total. The average molecular weight is 347 g/mol. The molecule has 0 fully saturated rings.